The van der Waals surface area contributed by atoms with Crippen molar-refractivity contribution in [3.05, 3.63) is 65.7 Å². The molecule has 2 aromatic rings. The minimum atomic E-state index is -0.663. The Morgan fingerprint density at radius 3 is 2.32 bits per heavy atom. The molecule has 1 N–H and O–H groups in total. The average molecular weight is 401 g/mol. The Bertz CT molecular complexity index is 700. The molecule has 0 aliphatic heterocycles. The summed E-state index contributed by atoms with van der Waals surface area (Å²) >= 11 is 1.88. The quantitative estimate of drug-likeness (QED) is 0.470. The third-order valence-electron chi connectivity index (χ3n) is 5.41. The van der Waals surface area contributed by atoms with Gasteiger partial charge in [-0.2, -0.15) is 11.8 Å². The third-order valence-corrected chi connectivity index (χ3v) is 6.81. The number of carboxylic acids is 1. The highest BCUT2D eigenvalue weighted by atomic mass is 32.2. The lowest BCUT2D eigenvalue weighted by atomic mass is 9.87. The summed E-state index contributed by atoms with van der Waals surface area (Å²) in [4.78, 5) is 11.8. The highest BCUT2D eigenvalue weighted by molar-refractivity contribution is 7.99. The Morgan fingerprint density at radius 1 is 1.07 bits per heavy atom. The zero-order chi connectivity index (χ0) is 20.4. The van der Waals surface area contributed by atoms with Crippen molar-refractivity contribution in [1.82, 2.24) is 0 Å². The number of thioether (sulfide) groups is 1. The van der Waals surface area contributed by atoms with E-state index in [9.17, 15) is 9.90 Å². The van der Waals surface area contributed by atoms with Crippen LogP contribution in [0.25, 0.3) is 0 Å². The molecule has 28 heavy (non-hydrogen) atoms. The average Bonchev–Trinajstić information content (AvgIpc) is 2.73. The molecular weight excluding hydrogens is 368 g/mol. The SMILES string of the molecule is CCC(C)C(CC(CCc1ccccc1)SCc1ccc(OC)cc1)C(=O)O. The summed E-state index contributed by atoms with van der Waals surface area (Å²) in [5, 5.41) is 10.0. The number of hydrogen-bond donors (Lipinski definition) is 1. The van der Waals surface area contributed by atoms with Gasteiger partial charge in [0.05, 0.1) is 13.0 Å². The smallest absolute Gasteiger partial charge is 0.306 e. The van der Waals surface area contributed by atoms with Gasteiger partial charge in [0.15, 0.2) is 0 Å². The van der Waals surface area contributed by atoms with Crippen molar-refractivity contribution >= 4 is 17.7 Å². The molecule has 3 nitrogen and oxygen atoms in total. The highest BCUT2D eigenvalue weighted by Gasteiger charge is 2.27. The predicted octanol–water partition coefficient (Wildman–Crippen LogP) is 6.07. The first-order valence-corrected chi connectivity index (χ1v) is 11.1. The van der Waals surface area contributed by atoms with Crippen LogP contribution in [0.4, 0.5) is 0 Å². The van der Waals surface area contributed by atoms with Gasteiger partial charge < -0.3 is 9.84 Å². The molecule has 0 aromatic heterocycles. The minimum Gasteiger partial charge on any atom is -0.497 e. The maximum atomic E-state index is 11.8. The van der Waals surface area contributed by atoms with Gasteiger partial charge in [-0.05, 0) is 48.4 Å². The normalized spacial score (nSPS) is 14.2. The van der Waals surface area contributed by atoms with E-state index in [1.54, 1.807) is 7.11 Å². The lowest BCUT2D eigenvalue weighted by molar-refractivity contribution is -0.143. The van der Waals surface area contributed by atoms with Crippen molar-refractivity contribution in [1.29, 1.82) is 0 Å². The van der Waals surface area contributed by atoms with Gasteiger partial charge in [0.25, 0.3) is 0 Å². The maximum Gasteiger partial charge on any atom is 0.306 e. The van der Waals surface area contributed by atoms with Crippen LogP contribution in [0, 0.1) is 11.8 Å². The third kappa shape index (κ3) is 7.23. The summed E-state index contributed by atoms with van der Waals surface area (Å²) in [6.07, 6.45) is 3.59. The fraction of sp³-hybridized carbons (Fsp3) is 0.458. The van der Waals surface area contributed by atoms with Crippen molar-refractivity contribution in [3.63, 3.8) is 0 Å². The van der Waals surface area contributed by atoms with Gasteiger partial charge in [0, 0.05) is 11.0 Å². The van der Waals surface area contributed by atoms with Crippen LogP contribution >= 0.6 is 11.8 Å². The van der Waals surface area contributed by atoms with Crippen molar-refractivity contribution in [2.24, 2.45) is 11.8 Å². The molecule has 4 heteroatoms. The molecule has 3 atom stereocenters. The van der Waals surface area contributed by atoms with E-state index in [2.05, 4.69) is 50.2 Å². The van der Waals surface area contributed by atoms with Crippen molar-refractivity contribution in [3.8, 4) is 5.75 Å². The number of aryl methyl sites for hydroxylation is 1. The first kappa shape index (κ1) is 22.4. The van der Waals surface area contributed by atoms with E-state index in [4.69, 9.17) is 4.74 Å². The van der Waals surface area contributed by atoms with Gasteiger partial charge in [0.1, 0.15) is 5.75 Å². The number of carboxylic acid groups (broad SMARTS) is 1. The van der Waals surface area contributed by atoms with Crippen molar-refractivity contribution in [2.45, 2.75) is 50.5 Å². The molecule has 0 saturated carbocycles. The second-order valence-electron chi connectivity index (χ2n) is 7.37. The number of rotatable bonds is 12. The van der Waals surface area contributed by atoms with Gasteiger partial charge in [-0.25, -0.2) is 0 Å². The van der Waals surface area contributed by atoms with Crippen LogP contribution in [0.15, 0.2) is 54.6 Å². The first-order valence-electron chi connectivity index (χ1n) is 10.0. The van der Waals surface area contributed by atoms with Gasteiger partial charge in [-0.1, -0.05) is 62.7 Å². The molecule has 0 bridgehead atoms. The largest absolute Gasteiger partial charge is 0.497 e. The standard InChI is InChI=1S/C24H32O3S/c1-4-18(2)23(24(25)26)16-22(15-12-19-8-6-5-7-9-19)28-17-20-10-13-21(27-3)14-11-20/h5-11,13-14,18,22-23H,4,12,15-17H2,1-3H3,(H,25,26). The second-order valence-corrected chi connectivity index (χ2v) is 8.66. The zero-order valence-electron chi connectivity index (χ0n) is 17.1. The van der Waals surface area contributed by atoms with E-state index in [0.717, 1.165) is 37.2 Å². The molecule has 0 spiro atoms. The molecule has 152 valence electrons. The summed E-state index contributed by atoms with van der Waals surface area (Å²) in [7, 11) is 1.67. The Balaban J connectivity index is 2.03. The maximum absolute atomic E-state index is 11.8. The molecule has 0 heterocycles. The molecule has 0 amide bonds. The van der Waals surface area contributed by atoms with E-state index in [0.29, 0.717) is 5.25 Å². The number of aliphatic carboxylic acids is 1. The molecule has 0 saturated heterocycles. The Labute approximate surface area is 173 Å². The van der Waals surface area contributed by atoms with Gasteiger partial charge in [-0.15, -0.1) is 0 Å². The van der Waals surface area contributed by atoms with Crippen LogP contribution in [-0.4, -0.2) is 23.4 Å². The summed E-state index contributed by atoms with van der Waals surface area (Å²) in [6.45, 7) is 4.13. The number of hydrogen-bond acceptors (Lipinski definition) is 3. The van der Waals surface area contributed by atoms with Crippen molar-refractivity contribution in [2.75, 3.05) is 7.11 Å². The zero-order valence-corrected chi connectivity index (χ0v) is 18.0. The van der Waals surface area contributed by atoms with E-state index < -0.39 is 5.97 Å². The summed E-state index contributed by atoms with van der Waals surface area (Å²) in [6, 6.07) is 18.6. The van der Waals surface area contributed by atoms with Crippen LogP contribution in [0.5, 0.6) is 5.75 Å². The number of carbonyl (C=O) groups is 1. The second kappa shape index (κ2) is 11.8. The summed E-state index contributed by atoms with van der Waals surface area (Å²) in [5.41, 5.74) is 2.55. The minimum absolute atomic E-state index is 0.193. The summed E-state index contributed by atoms with van der Waals surface area (Å²) < 4.78 is 5.23. The molecular formula is C24H32O3S. The number of ether oxygens (including phenoxy) is 1. The molecule has 2 rings (SSSR count). The lowest BCUT2D eigenvalue weighted by Gasteiger charge is -2.24. The van der Waals surface area contributed by atoms with E-state index >= 15 is 0 Å². The van der Waals surface area contributed by atoms with Gasteiger partial charge in [0.2, 0.25) is 0 Å². The Kier molecular flexibility index (Phi) is 9.42. The Morgan fingerprint density at radius 2 is 1.75 bits per heavy atom. The van der Waals surface area contributed by atoms with E-state index in [-0.39, 0.29) is 11.8 Å². The Hall–Kier alpha value is -1.94. The fourth-order valence-electron chi connectivity index (χ4n) is 3.32. The van der Waals surface area contributed by atoms with E-state index in [1.165, 1.54) is 11.1 Å². The monoisotopic (exact) mass is 400 g/mol. The lowest BCUT2D eigenvalue weighted by Crippen LogP contribution is -2.25. The van der Waals surface area contributed by atoms with E-state index in [1.807, 2.05) is 30.0 Å². The van der Waals surface area contributed by atoms with Gasteiger partial charge >= 0.3 is 5.97 Å². The molecule has 0 aliphatic carbocycles. The summed E-state index contributed by atoms with van der Waals surface area (Å²) in [5.74, 6) is 0.990. The van der Waals surface area contributed by atoms with Crippen LogP contribution in [0.2, 0.25) is 0 Å². The topological polar surface area (TPSA) is 46.5 Å². The fourth-order valence-corrected chi connectivity index (χ4v) is 4.57. The van der Waals surface area contributed by atoms with Crippen LogP contribution in [0.1, 0.15) is 44.2 Å². The first-order chi connectivity index (χ1) is 13.5. The molecule has 0 fully saturated rings. The molecule has 0 radical (unpaired) electrons. The van der Waals surface area contributed by atoms with Crippen LogP contribution in [-0.2, 0) is 17.0 Å². The van der Waals surface area contributed by atoms with Gasteiger partial charge in [-0.3, -0.25) is 4.79 Å². The molecule has 3 unspecified atom stereocenters. The van der Waals surface area contributed by atoms with Crippen LogP contribution in [0.3, 0.4) is 0 Å². The number of methoxy groups -OCH3 is 1. The number of benzene rings is 2. The molecule has 2 aromatic carbocycles. The highest BCUT2D eigenvalue weighted by Crippen LogP contribution is 2.31. The molecule has 0 aliphatic rings. The van der Waals surface area contributed by atoms with Crippen molar-refractivity contribution < 1.29 is 14.6 Å². The van der Waals surface area contributed by atoms with Crippen LogP contribution < -0.4 is 4.74 Å². The predicted molar refractivity (Wildman–Crippen MR) is 118 cm³/mol.